The van der Waals surface area contributed by atoms with Gasteiger partial charge in [0, 0.05) is 6.54 Å². The number of anilines is 1. The second-order valence-electron chi connectivity index (χ2n) is 6.05. The van der Waals surface area contributed by atoms with Gasteiger partial charge in [-0.1, -0.05) is 0 Å². The lowest BCUT2D eigenvalue weighted by Gasteiger charge is -2.29. The van der Waals surface area contributed by atoms with E-state index in [2.05, 4.69) is 4.98 Å². The third kappa shape index (κ3) is 3.15. The van der Waals surface area contributed by atoms with Crippen molar-refractivity contribution in [2.24, 2.45) is 0 Å². The Kier molecular flexibility index (Phi) is 4.30. The second kappa shape index (κ2) is 5.73. The molecule has 0 aliphatic carbocycles. The third-order valence-electron chi connectivity index (χ3n) is 3.19. The van der Waals surface area contributed by atoms with E-state index in [-0.39, 0.29) is 13.0 Å². The Hall–Kier alpha value is -1.86. The summed E-state index contributed by atoms with van der Waals surface area (Å²) < 4.78 is 59.3. The zero-order valence-corrected chi connectivity index (χ0v) is 12.4. The molecular weight excluding hydrogens is 304 g/mol. The van der Waals surface area contributed by atoms with Gasteiger partial charge in [-0.05, 0) is 33.6 Å². The van der Waals surface area contributed by atoms with Crippen LogP contribution in [0.4, 0.5) is 23.2 Å². The van der Waals surface area contributed by atoms with Gasteiger partial charge >= 0.3 is 5.97 Å². The van der Waals surface area contributed by atoms with Gasteiger partial charge < -0.3 is 9.64 Å². The standard InChI is InChI=1S/C14H16F4N2O2/c1-14(2,3)22-13(21)7-5-4-6-20(7)10-8(15)11(17)19-12(18)9(10)16/h7H,4-6H2,1-3H3/t7-/m1/s1. The van der Waals surface area contributed by atoms with E-state index in [1.54, 1.807) is 20.8 Å². The highest BCUT2D eigenvalue weighted by Gasteiger charge is 2.38. The largest absolute Gasteiger partial charge is 0.458 e. The van der Waals surface area contributed by atoms with Gasteiger partial charge in [-0.25, -0.2) is 4.79 Å². The van der Waals surface area contributed by atoms with Crippen molar-refractivity contribution < 1.29 is 27.1 Å². The molecule has 2 heterocycles. The quantitative estimate of drug-likeness (QED) is 0.477. The average molecular weight is 320 g/mol. The monoisotopic (exact) mass is 320 g/mol. The number of carbonyl (C=O) groups is 1. The van der Waals surface area contributed by atoms with Gasteiger partial charge in [-0.2, -0.15) is 22.5 Å². The fourth-order valence-electron chi connectivity index (χ4n) is 2.38. The van der Waals surface area contributed by atoms with Crippen molar-refractivity contribution in [3.05, 3.63) is 23.5 Å². The molecule has 2 rings (SSSR count). The predicted molar refractivity (Wildman–Crippen MR) is 70.3 cm³/mol. The molecule has 1 saturated heterocycles. The lowest BCUT2D eigenvalue weighted by molar-refractivity contribution is -0.156. The molecule has 0 spiro atoms. The summed E-state index contributed by atoms with van der Waals surface area (Å²) >= 11 is 0. The summed E-state index contributed by atoms with van der Waals surface area (Å²) in [6, 6.07) is -0.996. The van der Waals surface area contributed by atoms with Crippen LogP contribution in [0.5, 0.6) is 0 Å². The minimum absolute atomic E-state index is 0.0840. The molecule has 0 aromatic carbocycles. The highest BCUT2D eigenvalue weighted by atomic mass is 19.2. The second-order valence-corrected chi connectivity index (χ2v) is 6.05. The normalized spacial score (nSPS) is 18.7. The lowest BCUT2D eigenvalue weighted by Crippen LogP contribution is -2.41. The van der Waals surface area contributed by atoms with Crippen LogP contribution in [0.15, 0.2) is 0 Å². The molecule has 1 atom stereocenters. The molecule has 0 bridgehead atoms. The summed E-state index contributed by atoms with van der Waals surface area (Å²) in [5, 5.41) is 0. The molecular formula is C14H16F4N2O2. The van der Waals surface area contributed by atoms with E-state index < -0.39 is 46.8 Å². The Labute approximate surface area is 125 Å². The van der Waals surface area contributed by atoms with Crippen molar-refractivity contribution in [1.29, 1.82) is 0 Å². The zero-order chi connectivity index (χ0) is 16.7. The maximum absolute atomic E-state index is 13.8. The Balaban J connectivity index is 2.38. The number of rotatable bonds is 2. The van der Waals surface area contributed by atoms with Gasteiger partial charge in [0.15, 0.2) is 0 Å². The Morgan fingerprint density at radius 3 is 2.23 bits per heavy atom. The molecule has 22 heavy (non-hydrogen) atoms. The lowest BCUT2D eigenvalue weighted by atomic mass is 10.1. The van der Waals surface area contributed by atoms with E-state index in [4.69, 9.17) is 4.74 Å². The molecule has 0 N–H and O–H groups in total. The molecule has 122 valence electrons. The summed E-state index contributed by atoms with van der Waals surface area (Å²) in [4.78, 5) is 15.6. The van der Waals surface area contributed by atoms with Gasteiger partial charge in [0.05, 0.1) is 0 Å². The minimum atomic E-state index is -1.75. The first-order chi connectivity index (χ1) is 10.1. The predicted octanol–water partition coefficient (Wildman–Crippen LogP) is 2.95. The summed E-state index contributed by atoms with van der Waals surface area (Å²) in [5.41, 5.74) is -1.70. The number of pyridine rings is 1. The smallest absolute Gasteiger partial charge is 0.329 e. The Bertz CT molecular complexity index is 575. The van der Waals surface area contributed by atoms with Crippen molar-refractivity contribution in [3.63, 3.8) is 0 Å². The topological polar surface area (TPSA) is 42.4 Å². The molecule has 1 aromatic heterocycles. The summed E-state index contributed by atoms with van der Waals surface area (Å²) in [5.74, 6) is -7.42. The van der Waals surface area contributed by atoms with E-state index in [1.807, 2.05) is 0 Å². The zero-order valence-electron chi connectivity index (χ0n) is 12.4. The van der Waals surface area contributed by atoms with E-state index in [9.17, 15) is 22.4 Å². The molecule has 4 nitrogen and oxygen atoms in total. The van der Waals surface area contributed by atoms with Crippen molar-refractivity contribution in [1.82, 2.24) is 4.98 Å². The first-order valence-electron chi connectivity index (χ1n) is 6.81. The van der Waals surface area contributed by atoms with Gasteiger partial charge in [0.2, 0.25) is 11.6 Å². The average Bonchev–Trinajstić information content (AvgIpc) is 2.84. The van der Waals surface area contributed by atoms with Crippen LogP contribution in [0.2, 0.25) is 0 Å². The molecule has 1 aliphatic heterocycles. The van der Waals surface area contributed by atoms with Crippen LogP contribution in [0.3, 0.4) is 0 Å². The number of aromatic nitrogens is 1. The maximum Gasteiger partial charge on any atom is 0.329 e. The maximum atomic E-state index is 13.8. The Morgan fingerprint density at radius 2 is 1.73 bits per heavy atom. The van der Waals surface area contributed by atoms with Crippen LogP contribution >= 0.6 is 0 Å². The fourth-order valence-corrected chi connectivity index (χ4v) is 2.38. The first-order valence-corrected chi connectivity index (χ1v) is 6.81. The number of esters is 1. The van der Waals surface area contributed by atoms with Crippen LogP contribution in [-0.2, 0) is 9.53 Å². The summed E-state index contributed by atoms with van der Waals surface area (Å²) in [6.07, 6.45) is 0.716. The molecule has 0 amide bonds. The highest BCUT2D eigenvalue weighted by Crippen LogP contribution is 2.33. The number of carbonyl (C=O) groups excluding carboxylic acids is 1. The van der Waals surface area contributed by atoms with Crippen molar-refractivity contribution in [2.75, 3.05) is 11.4 Å². The number of halogens is 4. The first kappa shape index (κ1) is 16.5. The van der Waals surface area contributed by atoms with E-state index in [0.717, 1.165) is 4.90 Å². The summed E-state index contributed by atoms with van der Waals surface area (Å²) in [7, 11) is 0. The van der Waals surface area contributed by atoms with E-state index in [1.165, 1.54) is 0 Å². The van der Waals surface area contributed by atoms with Crippen molar-refractivity contribution >= 4 is 11.7 Å². The fraction of sp³-hybridized carbons (Fsp3) is 0.571. The van der Waals surface area contributed by atoms with Crippen LogP contribution in [0.1, 0.15) is 33.6 Å². The summed E-state index contributed by atoms with van der Waals surface area (Å²) in [6.45, 7) is 5.03. The van der Waals surface area contributed by atoms with E-state index in [0.29, 0.717) is 6.42 Å². The van der Waals surface area contributed by atoms with E-state index >= 15 is 0 Å². The molecule has 8 heteroatoms. The number of nitrogens with zero attached hydrogens (tertiary/aromatic N) is 2. The third-order valence-corrected chi connectivity index (χ3v) is 3.19. The van der Waals surface area contributed by atoms with Gasteiger partial charge in [-0.15, -0.1) is 0 Å². The SMILES string of the molecule is CC(C)(C)OC(=O)[C@H]1CCCN1c1c(F)c(F)nc(F)c1F. The molecule has 0 unspecified atom stereocenters. The molecule has 1 aliphatic rings. The van der Waals surface area contributed by atoms with Crippen LogP contribution in [-0.4, -0.2) is 29.1 Å². The van der Waals surface area contributed by atoms with Gasteiger partial charge in [0.1, 0.15) is 17.3 Å². The highest BCUT2D eigenvalue weighted by molar-refractivity contribution is 5.81. The molecule has 0 saturated carbocycles. The number of ether oxygens (including phenoxy) is 1. The number of hydrogen-bond donors (Lipinski definition) is 0. The minimum Gasteiger partial charge on any atom is -0.458 e. The number of hydrogen-bond acceptors (Lipinski definition) is 4. The van der Waals surface area contributed by atoms with Crippen LogP contribution < -0.4 is 4.90 Å². The van der Waals surface area contributed by atoms with Gasteiger partial charge in [-0.3, -0.25) is 0 Å². The van der Waals surface area contributed by atoms with Crippen molar-refractivity contribution in [2.45, 2.75) is 45.3 Å². The van der Waals surface area contributed by atoms with Crippen LogP contribution in [0, 0.1) is 23.5 Å². The van der Waals surface area contributed by atoms with Gasteiger partial charge in [0.25, 0.3) is 11.9 Å². The molecule has 1 aromatic rings. The molecule has 0 radical (unpaired) electrons. The Morgan fingerprint density at radius 1 is 1.18 bits per heavy atom. The van der Waals surface area contributed by atoms with Crippen LogP contribution in [0.25, 0.3) is 0 Å². The van der Waals surface area contributed by atoms with Crippen molar-refractivity contribution in [3.8, 4) is 0 Å². The molecule has 1 fully saturated rings.